The molecule has 1 amide bonds. The van der Waals surface area contributed by atoms with Gasteiger partial charge in [-0.2, -0.15) is 0 Å². The predicted molar refractivity (Wildman–Crippen MR) is 104 cm³/mol. The summed E-state index contributed by atoms with van der Waals surface area (Å²) in [7, 11) is 0. The maximum atomic E-state index is 13.8. The molecular formula is C18H17ClFN5OS. The monoisotopic (exact) mass is 405 g/mol. The van der Waals surface area contributed by atoms with Crippen molar-refractivity contribution in [1.29, 1.82) is 0 Å². The summed E-state index contributed by atoms with van der Waals surface area (Å²) in [4.78, 5) is 16.2. The number of pyridine rings is 1. The number of carbonyl (C=O) groups is 1. The molecule has 0 fully saturated rings. The summed E-state index contributed by atoms with van der Waals surface area (Å²) in [5.41, 5.74) is 1.00. The van der Waals surface area contributed by atoms with Crippen LogP contribution in [0.5, 0.6) is 0 Å². The lowest BCUT2D eigenvalue weighted by atomic mass is 10.2. The minimum absolute atomic E-state index is 0.0836. The molecule has 3 rings (SSSR count). The normalized spacial score (nSPS) is 10.8. The highest BCUT2D eigenvalue weighted by Crippen LogP contribution is 2.24. The lowest BCUT2D eigenvalue weighted by molar-refractivity contribution is -0.113. The highest BCUT2D eigenvalue weighted by Gasteiger charge is 2.15. The van der Waals surface area contributed by atoms with E-state index < -0.39 is 5.82 Å². The van der Waals surface area contributed by atoms with Crippen LogP contribution in [0.15, 0.2) is 47.9 Å². The molecule has 0 aliphatic heterocycles. The summed E-state index contributed by atoms with van der Waals surface area (Å²) in [6.45, 7) is 2.78. The molecule has 140 valence electrons. The first-order valence-corrected chi connectivity index (χ1v) is 9.66. The molecule has 0 aliphatic rings. The van der Waals surface area contributed by atoms with Crippen molar-refractivity contribution in [3.63, 3.8) is 0 Å². The predicted octanol–water partition coefficient (Wildman–Crippen LogP) is 4.27. The first-order valence-electron chi connectivity index (χ1n) is 8.29. The number of nitrogens with zero attached hydrogens (tertiary/aromatic N) is 4. The molecule has 3 aromatic rings. The minimum Gasteiger partial charge on any atom is -0.323 e. The molecule has 0 spiro atoms. The third kappa shape index (κ3) is 4.84. The van der Waals surface area contributed by atoms with Crippen molar-refractivity contribution in [1.82, 2.24) is 19.7 Å². The van der Waals surface area contributed by atoms with Crippen LogP contribution in [0.4, 0.5) is 10.1 Å². The van der Waals surface area contributed by atoms with Gasteiger partial charge < -0.3 is 9.88 Å². The maximum absolute atomic E-state index is 13.8. The molecule has 1 aromatic carbocycles. The number of nitrogens with one attached hydrogen (secondary N) is 1. The quantitative estimate of drug-likeness (QED) is 0.594. The molecular weight excluding hydrogens is 389 g/mol. The molecule has 2 aromatic heterocycles. The first-order chi connectivity index (χ1) is 13.1. The summed E-state index contributed by atoms with van der Waals surface area (Å²) in [5.74, 6) is -0.0983. The van der Waals surface area contributed by atoms with Crippen LogP contribution in [0, 0.1) is 5.82 Å². The van der Waals surface area contributed by atoms with E-state index in [1.165, 1.54) is 23.9 Å². The third-order valence-corrected chi connectivity index (χ3v) is 4.84. The zero-order valence-corrected chi connectivity index (χ0v) is 16.1. The van der Waals surface area contributed by atoms with E-state index in [0.717, 1.165) is 30.4 Å². The molecule has 0 saturated heterocycles. The molecule has 0 bridgehead atoms. The number of benzene rings is 1. The first kappa shape index (κ1) is 19.3. The van der Waals surface area contributed by atoms with E-state index in [2.05, 4.69) is 27.4 Å². The number of carbonyl (C=O) groups excluding carboxylic acids is 1. The van der Waals surface area contributed by atoms with Crippen LogP contribution < -0.4 is 5.32 Å². The van der Waals surface area contributed by atoms with E-state index in [0.29, 0.717) is 5.16 Å². The van der Waals surface area contributed by atoms with Crippen molar-refractivity contribution >= 4 is 35.0 Å². The summed E-state index contributed by atoms with van der Waals surface area (Å²) in [5, 5.41) is 11.9. The second kappa shape index (κ2) is 8.96. The van der Waals surface area contributed by atoms with Gasteiger partial charge in [-0.1, -0.05) is 30.3 Å². The summed E-state index contributed by atoms with van der Waals surface area (Å²) in [6.07, 6.45) is 4.29. The molecule has 6 nitrogen and oxygen atoms in total. The average Bonchev–Trinajstić information content (AvgIpc) is 3.06. The van der Waals surface area contributed by atoms with Crippen LogP contribution in [0.25, 0.3) is 11.4 Å². The summed E-state index contributed by atoms with van der Waals surface area (Å²) >= 11 is 6.97. The molecule has 1 N–H and O–H groups in total. The SMILES string of the molecule is CCCn1c(SCC(=O)Nc2ccc(Cl)cc2F)nnc1-c1ccncc1. The Kier molecular flexibility index (Phi) is 6.41. The molecule has 0 saturated carbocycles. The van der Waals surface area contributed by atoms with Crippen molar-refractivity contribution < 1.29 is 9.18 Å². The van der Waals surface area contributed by atoms with Gasteiger partial charge in [-0.3, -0.25) is 9.78 Å². The Balaban J connectivity index is 1.70. The van der Waals surface area contributed by atoms with E-state index in [1.54, 1.807) is 12.4 Å². The average molecular weight is 406 g/mol. The van der Waals surface area contributed by atoms with Gasteiger partial charge in [0.2, 0.25) is 5.91 Å². The van der Waals surface area contributed by atoms with Crippen molar-refractivity contribution in [3.8, 4) is 11.4 Å². The number of aromatic nitrogens is 4. The lowest BCUT2D eigenvalue weighted by Crippen LogP contribution is -2.15. The Labute approximate surface area is 165 Å². The van der Waals surface area contributed by atoms with Crippen molar-refractivity contribution in [2.75, 3.05) is 11.1 Å². The zero-order valence-electron chi connectivity index (χ0n) is 14.5. The Hall–Kier alpha value is -2.45. The van der Waals surface area contributed by atoms with Gasteiger partial charge in [0.15, 0.2) is 11.0 Å². The number of rotatable bonds is 7. The molecule has 2 heterocycles. The standard InChI is InChI=1S/C18H17ClFN5OS/c1-2-9-25-17(12-5-7-21-8-6-12)23-24-18(25)27-11-16(26)22-15-4-3-13(19)10-14(15)20/h3-8,10H,2,9,11H2,1H3,(H,22,26). The highest BCUT2D eigenvalue weighted by molar-refractivity contribution is 7.99. The van der Waals surface area contributed by atoms with Gasteiger partial charge in [0.1, 0.15) is 5.82 Å². The molecule has 27 heavy (non-hydrogen) atoms. The second-order valence-corrected chi connectivity index (χ2v) is 7.03. The van der Waals surface area contributed by atoms with Crippen molar-refractivity contribution in [3.05, 3.63) is 53.6 Å². The highest BCUT2D eigenvalue weighted by atomic mass is 35.5. The second-order valence-electron chi connectivity index (χ2n) is 5.65. The fourth-order valence-corrected chi connectivity index (χ4v) is 3.37. The van der Waals surface area contributed by atoms with Gasteiger partial charge in [0.25, 0.3) is 0 Å². The van der Waals surface area contributed by atoms with E-state index in [9.17, 15) is 9.18 Å². The fraction of sp³-hybridized carbons (Fsp3) is 0.222. The van der Waals surface area contributed by atoms with Crippen LogP contribution in [-0.4, -0.2) is 31.4 Å². The molecule has 0 radical (unpaired) electrons. The van der Waals surface area contributed by atoms with Crippen LogP contribution >= 0.6 is 23.4 Å². The Morgan fingerprint density at radius 1 is 1.26 bits per heavy atom. The maximum Gasteiger partial charge on any atom is 0.234 e. The zero-order chi connectivity index (χ0) is 19.2. The van der Waals surface area contributed by atoms with Crippen LogP contribution in [-0.2, 0) is 11.3 Å². The van der Waals surface area contributed by atoms with Crippen LogP contribution in [0.2, 0.25) is 5.02 Å². The fourth-order valence-electron chi connectivity index (χ4n) is 2.44. The molecule has 9 heteroatoms. The van der Waals surface area contributed by atoms with Gasteiger partial charge >= 0.3 is 0 Å². The van der Waals surface area contributed by atoms with E-state index >= 15 is 0 Å². The summed E-state index contributed by atoms with van der Waals surface area (Å²) in [6, 6.07) is 7.83. The molecule has 0 aliphatic carbocycles. The minimum atomic E-state index is -0.574. The largest absolute Gasteiger partial charge is 0.323 e. The van der Waals surface area contributed by atoms with Crippen LogP contribution in [0.1, 0.15) is 13.3 Å². The molecule has 0 atom stereocenters. The molecule has 0 unspecified atom stereocenters. The number of amides is 1. The number of halogens is 2. The topological polar surface area (TPSA) is 72.7 Å². The van der Waals surface area contributed by atoms with Gasteiger partial charge in [-0.25, -0.2) is 4.39 Å². The van der Waals surface area contributed by atoms with Gasteiger partial charge in [0, 0.05) is 29.5 Å². The Morgan fingerprint density at radius 2 is 2.04 bits per heavy atom. The smallest absolute Gasteiger partial charge is 0.234 e. The number of anilines is 1. The lowest BCUT2D eigenvalue weighted by Gasteiger charge is -2.09. The van der Waals surface area contributed by atoms with E-state index in [1.807, 2.05) is 16.7 Å². The van der Waals surface area contributed by atoms with Gasteiger partial charge in [-0.05, 0) is 36.8 Å². The van der Waals surface area contributed by atoms with E-state index in [4.69, 9.17) is 11.6 Å². The van der Waals surface area contributed by atoms with Crippen LogP contribution in [0.3, 0.4) is 0 Å². The Bertz CT molecular complexity index is 935. The van der Waals surface area contributed by atoms with Gasteiger partial charge in [0.05, 0.1) is 11.4 Å². The number of thioether (sulfide) groups is 1. The van der Waals surface area contributed by atoms with Crippen molar-refractivity contribution in [2.45, 2.75) is 25.0 Å². The number of hydrogen-bond acceptors (Lipinski definition) is 5. The van der Waals surface area contributed by atoms with Gasteiger partial charge in [-0.15, -0.1) is 10.2 Å². The third-order valence-electron chi connectivity index (χ3n) is 3.64. The summed E-state index contributed by atoms with van der Waals surface area (Å²) < 4.78 is 15.8. The van der Waals surface area contributed by atoms with Crippen molar-refractivity contribution in [2.24, 2.45) is 0 Å². The Morgan fingerprint density at radius 3 is 2.74 bits per heavy atom. The van der Waals surface area contributed by atoms with E-state index in [-0.39, 0.29) is 22.4 Å². The number of hydrogen-bond donors (Lipinski definition) is 1.